The number of esters is 1. The standard InChI is InChI=1S/C40H30N4O3/c1-46-32-23-21-31(22-24-32)44-38(28-15-7-3-8-16-28)36(27-13-5-2-6-14-27)41-39(44)34-26-43(30-18-9-4-10-19-30)42-37(34)33-25-29-17-11-12-20-35(29)47-40(33)45/h2-26,29,35H,1H3. The van der Waals surface area contributed by atoms with Gasteiger partial charge in [-0.05, 0) is 42.5 Å². The van der Waals surface area contributed by atoms with E-state index in [0.29, 0.717) is 22.7 Å². The van der Waals surface area contributed by atoms with Crippen molar-refractivity contribution in [2.45, 2.75) is 6.10 Å². The zero-order valence-corrected chi connectivity index (χ0v) is 25.6. The Hall–Kier alpha value is -6.21. The van der Waals surface area contributed by atoms with Gasteiger partial charge in [-0.3, -0.25) is 4.57 Å². The van der Waals surface area contributed by atoms with E-state index in [1.165, 1.54) is 0 Å². The maximum Gasteiger partial charge on any atom is 0.340 e. The van der Waals surface area contributed by atoms with Crippen LogP contribution in [0.25, 0.3) is 50.9 Å². The summed E-state index contributed by atoms with van der Waals surface area (Å²) in [5.41, 5.74) is 7.03. The monoisotopic (exact) mass is 614 g/mol. The Bertz CT molecular complexity index is 2160. The van der Waals surface area contributed by atoms with Crippen LogP contribution < -0.4 is 4.74 Å². The lowest BCUT2D eigenvalue weighted by molar-refractivity contribution is -0.141. The van der Waals surface area contributed by atoms with Crippen molar-refractivity contribution >= 4 is 11.5 Å². The van der Waals surface area contributed by atoms with E-state index in [9.17, 15) is 4.79 Å². The molecule has 8 rings (SSSR count). The number of hydrogen-bond donors (Lipinski definition) is 0. The van der Waals surface area contributed by atoms with Crippen LogP contribution in [0.5, 0.6) is 5.75 Å². The summed E-state index contributed by atoms with van der Waals surface area (Å²) in [7, 11) is 1.66. The predicted octanol–water partition coefficient (Wildman–Crippen LogP) is 8.12. The van der Waals surface area contributed by atoms with E-state index < -0.39 is 5.97 Å². The number of allylic oxidation sites excluding steroid dienone is 2. The quantitative estimate of drug-likeness (QED) is 0.170. The van der Waals surface area contributed by atoms with Gasteiger partial charge < -0.3 is 9.47 Å². The minimum absolute atomic E-state index is 0.0940. The number of benzene rings is 4. The van der Waals surface area contributed by atoms with Crippen LogP contribution >= 0.6 is 0 Å². The fourth-order valence-corrected chi connectivity index (χ4v) is 6.19. The fraction of sp³-hybridized carbons (Fsp3) is 0.0750. The molecule has 2 aromatic heterocycles. The van der Waals surface area contributed by atoms with Crippen LogP contribution in [0.4, 0.5) is 0 Å². The van der Waals surface area contributed by atoms with E-state index in [2.05, 4.69) is 28.8 Å². The average Bonchev–Trinajstić information content (AvgIpc) is 3.75. The highest BCUT2D eigenvalue weighted by Gasteiger charge is 2.34. The highest BCUT2D eigenvalue weighted by Crippen LogP contribution is 2.42. The van der Waals surface area contributed by atoms with E-state index in [1.54, 1.807) is 11.8 Å². The molecule has 2 atom stereocenters. The maximum absolute atomic E-state index is 13.7. The first kappa shape index (κ1) is 28.3. The summed E-state index contributed by atoms with van der Waals surface area (Å²) in [6, 6.07) is 38.2. The van der Waals surface area contributed by atoms with Crippen LogP contribution in [0.3, 0.4) is 0 Å². The van der Waals surface area contributed by atoms with Crippen molar-refractivity contribution in [2.24, 2.45) is 5.92 Å². The van der Waals surface area contributed by atoms with Crippen LogP contribution in [0, 0.1) is 5.92 Å². The van der Waals surface area contributed by atoms with Gasteiger partial charge in [0.2, 0.25) is 0 Å². The summed E-state index contributed by atoms with van der Waals surface area (Å²) < 4.78 is 15.4. The smallest absolute Gasteiger partial charge is 0.340 e. The second kappa shape index (κ2) is 11.9. The maximum atomic E-state index is 13.7. The lowest BCUT2D eigenvalue weighted by Crippen LogP contribution is -2.29. The molecule has 0 spiro atoms. The molecule has 6 aromatic rings. The topological polar surface area (TPSA) is 71.2 Å². The Morgan fingerprint density at radius 1 is 0.723 bits per heavy atom. The average molecular weight is 615 g/mol. The highest BCUT2D eigenvalue weighted by molar-refractivity contribution is 6.18. The number of carbonyl (C=O) groups excluding carboxylic acids is 1. The molecular weight excluding hydrogens is 584 g/mol. The van der Waals surface area contributed by atoms with Gasteiger partial charge in [-0.25, -0.2) is 14.5 Å². The van der Waals surface area contributed by atoms with Crippen LogP contribution in [-0.2, 0) is 9.53 Å². The van der Waals surface area contributed by atoms with Gasteiger partial charge in [0.15, 0.2) is 0 Å². The third kappa shape index (κ3) is 5.17. The molecular formula is C40H30N4O3. The molecule has 0 saturated carbocycles. The van der Waals surface area contributed by atoms with Crippen molar-refractivity contribution in [2.75, 3.05) is 7.11 Å². The number of fused-ring (bicyclic) bond motifs is 1. The van der Waals surface area contributed by atoms with Crippen molar-refractivity contribution in [1.82, 2.24) is 19.3 Å². The number of imidazole rings is 1. The predicted molar refractivity (Wildman–Crippen MR) is 183 cm³/mol. The lowest BCUT2D eigenvalue weighted by atomic mass is 9.91. The van der Waals surface area contributed by atoms with Crippen molar-refractivity contribution in [3.8, 4) is 51.0 Å². The van der Waals surface area contributed by atoms with Gasteiger partial charge in [-0.1, -0.05) is 103 Å². The number of aromatic nitrogens is 4. The Morgan fingerprint density at radius 3 is 2.09 bits per heavy atom. The van der Waals surface area contributed by atoms with Gasteiger partial charge in [-0.15, -0.1) is 0 Å². The van der Waals surface area contributed by atoms with E-state index in [1.807, 2.05) is 128 Å². The van der Waals surface area contributed by atoms with Gasteiger partial charge in [0, 0.05) is 28.9 Å². The Balaban J connectivity index is 1.44. The first-order chi connectivity index (χ1) is 23.2. The van der Waals surface area contributed by atoms with E-state index in [-0.39, 0.29) is 12.0 Å². The zero-order chi connectivity index (χ0) is 31.7. The SMILES string of the molecule is COc1ccc(-n2c(-c3cn(-c4ccccc4)nc3C3=CC4C=CC=CC4OC3=O)nc(-c3ccccc3)c2-c2ccccc2)cc1. The number of methoxy groups -OCH3 is 1. The van der Waals surface area contributed by atoms with Crippen LogP contribution in [0.2, 0.25) is 0 Å². The zero-order valence-electron chi connectivity index (χ0n) is 25.6. The molecule has 7 heteroatoms. The molecule has 2 unspecified atom stereocenters. The summed E-state index contributed by atoms with van der Waals surface area (Å²) in [6.07, 6.45) is 11.4. The van der Waals surface area contributed by atoms with Crippen LogP contribution in [0.1, 0.15) is 5.69 Å². The molecule has 0 amide bonds. The van der Waals surface area contributed by atoms with Gasteiger partial charge in [-0.2, -0.15) is 5.10 Å². The number of nitrogens with zero attached hydrogens (tertiary/aromatic N) is 4. The molecule has 1 aliphatic heterocycles. The normalized spacial score (nSPS) is 16.8. The van der Waals surface area contributed by atoms with Gasteiger partial charge in [0.25, 0.3) is 0 Å². The molecule has 4 aromatic carbocycles. The van der Waals surface area contributed by atoms with Crippen molar-refractivity contribution in [3.05, 3.63) is 158 Å². The molecule has 0 radical (unpaired) electrons. The molecule has 47 heavy (non-hydrogen) atoms. The van der Waals surface area contributed by atoms with Gasteiger partial charge >= 0.3 is 5.97 Å². The summed E-state index contributed by atoms with van der Waals surface area (Å²) in [6.45, 7) is 0. The van der Waals surface area contributed by atoms with Crippen LogP contribution in [0.15, 0.2) is 152 Å². The van der Waals surface area contributed by atoms with Crippen molar-refractivity contribution < 1.29 is 14.3 Å². The molecule has 1 aliphatic carbocycles. The van der Waals surface area contributed by atoms with E-state index in [0.717, 1.165) is 39.6 Å². The first-order valence-corrected chi connectivity index (χ1v) is 15.5. The molecule has 0 fully saturated rings. The summed E-state index contributed by atoms with van der Waals surface area (Å²) in [5, 5.41) is 5.05. The third-order valence-electron chi connectivity index (χ3n) is 8.48. The third-order valence-corrected chi connectivity index (χ3v) is 8.48. The van der Waals surface area contributed by atoms with E-state index >= 15 is 0 Å². The van der Waals surface area contributed by atoms with Crippen molar-refractivity contribution in [1.29, 1.82) is 0 Å². The largest absolute Gasteiger partial charge is 0.497 e. The molecule has 3 heterocycles. The Morgan fingerprint density at radius 2 is 1.38 bits per heavy atom. The summed E-state index contributed by atoms with van der Waals surface area (Å²) in [5.74, 6) is 0.875. The first-order valence-electron chi connectivity index (χ1n) is 15.5. The summed E-state index contributed by atoms with van der Waals surface area (Å²) in [4.78, 5) is 19.1. The highest BCUT2D eigenvalue weighted by atomic mass is 16.5. The van der Waals surface area contributed by atoms with Crippen LogP contribution in [-0.4, -0.2) is 38.5 Å². The van der Waals surface area contributed by atoms with E-state index in [4.69, 9.17) is 19.6 Å². The molecule has 228 valence electrons. The fourth-order valence-electron chi connectivity index (χ4n) is 6.19. The minimum Gasteiger partial charge on any atom is -0.497 e. The molecule has 0 saturated heterocycles. The summed E-state index contributed by atoms with van der Waals surface area (Å²) >= 11 is 0. The molecule has 0 N–H and O–H groups in total. The number of hydrogen-bond acceptors (Lipinski definition) is 5. The molecule has 0 bridgehead atoms. The second-order valence-electron chi connectivity index (χ2n) is 11.4. The van der Waals surface area contributed by atoms with Crippen molar-refractivity contribution in [3.63, 3.8) is 0 Å². The van der Waals surface area contributed by atoms with Gasteiger partial charge in [0.1, 0.15) is 23.4 Å². The lowest BCUT2D eigenvalue weighted by Gasteiger charge is -2.27. The Labute approximate surface area is 272 Å². The van der Waals surface area contributed by atoms with Gasteiger partial charge in [0.05, 0.1) is 35.3 Å². The molecule has 2 aliphatic rings. The number of ether oxygens (including phenoxy) is 2. The minimum atomic E-state index is -0.417. The second-order valence-corrected chi connectivity index (χ2v) is 11.4. The number of carbonyl (C=O) groups is 1. The number of para-hydroxylation sites is 1. The Kier molecular flexibility index (Phi) is 7.19. The number of rotatable bonds is 7. The molecule has 7 nitrogen and oxygen atoms in total.